The fraction of sp³-hybridized carbons (Fsp3) is 0.263. The summed E-state index contributed by atoms with van der Waals surface area (Å²) in [6.07, 6.45) is 0. The topological polar surface area (TPSA) is 73.9 Å². The van der Waals surface area contributed by atoms with E-state index in [1.807, 2.05) is 6.92 Å². The Bertz CT molecular complexity index is 808. The molecule has 2 aromatic carbocycles. The molecule has 0 spiro atoms. The largest absolute Gasteiger partial charge is 0.494 e. The van der Waals surface area contributed by atoms with E-state index in [0.717, 1.165) is 5.56 Å². The van der Waals surface area contributed by atoms with Gasteiger partial charge in [0.05, 0.1) is 22.3 Å². The Morgan fingerprint density at radius 3 is 2.22 bits per heavy atom. The van der Waals surface area contributed by atoms with Crippen LogP contribution in [0.5, 0.6) is 11.5 Å². The molecule has 0 fully saturated rings. The average molecular weight is 412 g/mol. The van der Waals surface area contributed by atoms with Crippen LogP contribution in [0.25, 0.3) is 0 Å². The van der Waals surface area contributed by atoms with Gasteiger partial charge in [-0.2, -0.15) is 0 Å². The van der Waals surface area contributed by atoms with E-state index in [1.165, 1.54) is 0 Å². The normalized spacial score (nSPS) is 10.2. The number of carbonyl (C=O) groups excluding carboxylic acids is 2. The van der Waals surface area contributed by atoms with Gasteiger partial charge in [0.25, 0.3) is 5.91 Å². The molecule has 0 aliphatic carbocycles. The highest BCUT2D eigenvalue weighted by Crippen LogP contribution is 2.32. The monoisotopic (exact) mass is 411 g/mol. The Hall–Kier alpha value is -2.44. The van der Waals surface area contributed by atoms with Gasteiger partial charge in [0.1, 0.15) is 11.5 Å². The summed E-state index contributed by atoms with van der Waals surface area (Å²) in [5, 5.41) is 3.16. The maximum absolute atomic E-state index is 11.9. The Balaban J connectivity index is 1.78. The molecular weight excluding hydrogens is 393 g/mol. The molecule has 0 heterocycles. The highest BCUT2D eigenvalue weighted by Gasteiger charge is 2.14. The fourth-order valence-electron chi connectivity index (χ4n) is 2.08. The van der Waals surface area contributed by atoms with Crippen molar-refractivity contribution in [2.75, 3.05) is 25.1 Å². The molecule has 27 heavy (non-hydrogen) atoms. The number of rotatable bonds is 8. The number of aryl methyl sites for hydroxylation is 1. The number of anilines is 1. The van der Waals surface area contributed by atoms with Crippen LogP contribution < -0.4 is 14.8 Å². The van der Waals surface area contributed by atoms with Gasteiger partial charge in [0.15, 0.2) is 13.2 Å². The summed E-state index contributed by atoms with van der Waals surface area (Å²) in [4.78, 5) is 23.7. The first-order valence-electron chi connectivity index (χ1n) is 8.16. The summed E-state index contributed by atoms with van der Waals surface area (Å²) >= 11 is 12.1. The number of nitrogens with one attached hydrogen (secondary N) is 1. The standard InChI is InChI=1S/C19H19Cl2NO5/c1-3-25-13-5-7-14(8-6-13)26-11-17(24)27-10-16(23)22-19-15(20)9-4-12(2)18(19)21/h4-9H,3,10-11H2,1-2H3,(H,22,23). The van der Waals surface area contributed by atoms with E-state index in [4.69, 9.17) is 37.4 Å². The van der Waals surface area contributed by atoms with Crippen LogP contribution in [-0.2, 0) is 14.3 Å². The van der Waals surface area contributed by atoms with Gasteiger partial charge in [0.2, 0.25) is 0 Å². The van der Waals surface area contributed by atoms with Gasteiger partial charge < -0.3 is 19.5 Å². The molecule has 0 aromatic heterocycles. The molecule has 0 aliphatic heterocycles. The van der Waals surface area contributed by atoms with Crippen LogP contribution >= 0.6 is 23.2 Å². The molecule has 144 valence electrons. The molecule has 0 saturated carbocycles. The number of carbonyl (C=O) groups is 2. The summed E-state index contributed by atoms with van der Waals surface area (Å²) < 4.78 is 15.5. The maximum atomic E-state index is 11.9. The van der Waals surface area contributed by atoms with Crippen LogP contribution in [0.2, 0.25) is 10.0 Å². The third-order valence-electron chi connectivity index (χ3n) is 3.40. The zero-order chi connectivity index (χ0) is 19.8. The van der Waals surface area contributed by atoms with Crippen LogP contribution in [-0.4, -0.2) is 31.7 Å². The molecule has 1 amide bonds. The number of benzene rings is 2. The molecule has 0 atom stereocenters. The van der Waals surface area contributed by atoms with Gasteiger partial charge in [-0.3, -0.25) is 4.79 Å². The van der Waals surface area contributed by atoms with Crippen molar-refractivity contribution in [2.45, 2.75) is 13.8 Å². The van der Waals surface area contributed by atoms with Crippen molar-refractivity contribution in [3.63, 3.8) is 0 Å². The number of hydrogen-bond acceptors (Lipinski definition) is 5. The minimum atomic E-state index is -0.680. The summed E-state index contributed by atoms with van der Waals surface area (Å²) in [6.45, 7) is 3.43. The molecular formula is C19H19Cl2NO5. The van der Waals surface area contributed by atoms with Crippen LogP contribution in [0.15, 0.2) is 36.4 Å². The molecule has 0 bridgehead atoms. The Morgan fingerprint density at radius 1 is 0.963 bits per heavy atom. The molecule has 0 aliphatic rings. The van der Waals surface area contributed by atoms with E-state index in [9.17, 15) is 9.59 Å². The lowest BCUT2D eigenvalue weighted by Gasteiger charge is -2.11. The van der Waals surface area contributed by atoms with Gasteiger partial charge in [-0.1, -0.05) is 29.3 Å². The smallest absolute Gasteiger partial charge is 0.344 e. The summed E-state index contributed by atoms with van der Waals surface area (Å²) in [5.74, 6) is -0.0463. The van der Waals surface area contributed by atoms with Crippen molar-refractivity contribution < 1.29 is 23.8 Å². The average Bonchev–Trinajstić information content (AvgIpc) is 2.66. The molecule has 0 radical (unpaired) electrons. The van der Waals surface area contributed by atoms with E-state index in [2.05, 4.69) is 5.32 Å². The quantitative estimate of drug-likeness (QED) is 0.656. The second-order valence-corrected chi connectivity index (χ2v) is 6.24. The first-order valence-corrected chi connectivity index (χ1v) is 8.92. The van der Waals surface area contributed by atoms with Crippen molar-refractivity contribution in [3.05, 3.63) is 52.0 Å². The second kappa shape index (κ2) is 10.0. The van der Waals surface area contributed by atoms with E-state index in [-0.39, 0.29) is 12.3 Å². The van der Waals surface area contributed by atoms with Crippen LogP contribution in [0.4, 0.5) is 5.69 Å². The lowest BCUT2D eigenvalue weighted by molar-refractivity contribution is -0.149. The molecule has 0 unspecified atom stereocenters. The minimum Gasteiger partial charge on any atom is -0.494 e. The third-order valence-corrected chi connectivity index (χ3v) is 4.21. The maximum Gasteiger partial charge on any atom is 0.344 e. The zero-order valence-electron chi connectivity index (χ0n) is 14.9. The summed E-state index contributed by atoms with van der Waals surface area (Å²) in [5.41, 5.74) is 1.04. The Labute approximate surface area is 167 Å². The van der Waals surface area contributed by atoms with E-state index < -0.39 is 18.5 Å². The highest BCUT2D eigenvalue weighted by atomic mass is 35.5. The van der Waals surface area contributed by atoms with Gasteiger partial charge in [-0.15, -0.1) is 0 Å². The van der Waals surface area contributed by atoms with E-state index >= 15 is 0 Å². The first kappa shape index (κ1) is 20.9. The van der Waals surface area contributed by atoms with Crippen molar-refractivity contribution in [2.24, 2.45) is 0 Å². The van der Waals surface area contributed by atoms with Crippen molar-refractivity contribution in [1.82, 2.24) is 0 Å². The van der Waals surface area contributed by atoms with Crippen LogP contribution in [0.1, 0.15) is 12.5 Å². The zero-order valence-corrected chi connectivity index (χ0v) is 16.4. The summed E-state index contributed by atoms with van der Waals surface area (Å²) in [7, 11) is 0. The lowest BCUT2D eigenvalue weighted by atomic mass is 10.2. The van der Waals surface area contributed by atoms with Crippen LogP contribution in [0, 0.1) is 6.92 Å². The molecule has 6 nitrogen and oxygen atoms in total. The number of amides is 1. The van der Waals surface area contributed by atoms with Crippen molar-refractivity contribution >= 4 is 40.8 Å². The van der Waals surface area contributed by atoms with Gasteiger partial charge in [0, 0.05) is 0 Å². The lowest BCUT2D eigenvalue weighted by Crippen LogP contribution is -2.24. The predicted molar refractivity (Wildman–Crippen MR) is 104 cm³/mol. The molecule has 2 rings (SSSR count). The third kappa shape index (κ3) is 6.34. The van der Waals surface area contributed by atoms with Gasteiger partial charge in [-0.25, -0.2) is 4.79 Å². The number of ether oxygens (including phenoxy) is 3. The van der Waals surface area contributed by atoms with Crippen molar-refractivity contribution in [1.29, 1.82) is 0 Å². The Kier molecular flexibility index (Phi) is 7.76. The van der Waals surface area contributed by atoms with Crippen LogP contribution in [0.3, 0.4) is 0 Å². The summed E-state index contributed by atoms with van der Waals surface area (Å²) in [6, 6.07) is 10.2. The minimum absolute atomic E-state index is 0.282. The highest BCUT2D eigenvalue weighted by molar-refractivity contribution is 6.40. The molecule has 0 saturated heterocycles. The van der Waals surface area contributed by atoms with E-state index in [0.29, 0.717) is 28.2 Å². The molecule has 2 aromatic rings. The first-order chi connectivity index (χ1) is 12.9. The SMILES string of the molecule is CCOc1ccc(OCC(=O)OCC(=O)Nc2c(Cl)ccc(C)c2Cl)cc1. The number of hydrogen-bond donors (Lipinski definition) is 1. The predicted octanol–water partition coefficient (Wildman–Crippen LogP) is 4.26. The number of esters is 1. The van der Waals surface area contributed by atoms with Gasteiger partial charge >= 0.3 is 5.97 Å². The van der Waals surface area contributed by atoms with Gasteiger partial charge in [-0.05, 0) is 49.7 Å². The fourth-order valence-corrected chi connectivity index (χ4v) is 2.54. The number of halogens is 2. The molecule has 1 N–H and O–H groups in total. The van der Waals surface area contributed by atoms with E-state index in [1.54, 1.807) is 43.3 Å². The Morgan fingerprint density at radius 2 is 1.59 bits per heavy atom. The molecule has 8 heteroatoms. The van der Waals surface area contributed by atoms with Crippen molar-refractivity contribution in [3.8, 4) is 11.5 Å². The second-order valence-electron chi connectivity index (χ2n) is 5.46.